The topological polar surface area (TPSA) is 41.6 Å². The van der Waals surface area contributed by atoms with Gasteiger partial charge in [-0.05, 0) is 55.3 Å². The van der Waals surface area contributed by atoms with Gasteiger partial charge in [-0.2, -0.15) is 13.2 Å². The maximum absolute atomic E-state index is 12.5. The average molecular weight is 364 g/mol. The van der Waals surface area contributed by atoms with Crippen molar-refractivity contribution in [1.29, 1.82) is 0 Å². The molecule has 0 unspecified atom stereocenters. The molecule has 0 aromatic heterocycles. The minimum atomic E-state index is -4.39. The standard InChI is InChI=1S/C19H19F3N2O2/c20-19(21,22)14-6-8-17(9-7-14)26-13-18(25)23-15-4-3-5-16(12-15)24-10-1-2-11-24/h3-9,12H,1-2,10-11,13H2,(H,23,25). The lowest BCUT2D eigenvalue weighted by molar-refractivity contribution is -0.137. The molecule has 0 atom stereocenters. The van der Waals surface area contributed by atoms with Gasteiger partial charge in [0.25, 0.3) is 5.91 Å². The fourth-order valence-electron chi connectivity index (χ4n) is 2.84. The molecule has 1 fully saturated rings. The number of amides is 1. The Kier molecular flexibility index (Phi) is 5.35. The van der Waals surface area contributed by atoms with Crippen LogP contribution >= 0.6 is 0 Å². The minimum absolute atomic E-state index is 0.207. The Morgan fingerprint density at radius 1 is 1.08 bits per heavy atom. The van der Waals surface area contributed by atoms with E-state index in [-0.39, 0.29) is 18.3 Å². The van der Waals surface area contributed by atoms with E-state index in [0.29, 0.717) is 5.69 Å². The monoisotopic (exact) mass is 364 g/mol. The SMILES string of the molecule is O=C(COc1ccc(C(F)(F)F)cc1)Nc1cccc(N2CCCC2)c1. The Hall–Kier alpha value is -2.70. The summed E-state index contributed by atoms with van der Waals surface area (Å²) in [6, 6.07) is 11.8. The Labute approximate surface area is 149 Å². The molecule has 1 amide bonds. The van der Waals surface area contributed by atoms with Gasteiger partial charge in [0.1, 0.15) is 5.75 Å². The summed E-state index contributed by atoms with van der Waals surface area (Å²) in [4.78, 5) is 14.3. The second-order valence-electron chi connectivity index (χ2n) is 6.10. The first-order chi connectivity index (χ1) is 12.4. The third kappa shape index (κ3) is 4.68. The molecule has 1 aliphatic rings. The predicted molar refractivity (Wildman–Crippen MR) is 93.5 cm³/mol. The van der Waals surface area contributed by atoms with Crippen molar-refractivity contribution in [3.05, 3.63) is 54.1 Å². The van der Waals surface area contributed by atoms with E-state index in [0.717, 1.165) is 43.8 Å². The van der Waals surface area contributed by atoms with Crippen LogP contribution in [0.1, 0.15) is 18.4 Å². The fraction of sp³-hybridized carbons (Fsp3) is 0.316. The Balaban J connectivity index is 1.53. The van der Waals surface area contributed by atoms with Crippen molar-refractivity contribution in [3.8, 4) is 5.75 Å². The van der Waals surface area contributed by atoms with Gasteiger partial charge in [-0.1, -0.05) is 6.07 Å². The molecular weight excluding hydrogens is 345 g/mol. The van der Waals surface area contributed by atoms with Crippen LogP contribution in [0.2, 0.25) is 0 Å². The number of nitrogens with one attached hydrogen (secondary N) is 1. The summed E-state index contributed by atoms with van der Waals surface area (Å²) in [5.41, 5.74) is 0.965. The largest absolute Gasteiger partial charge is 0.484 e. The third-order valence-electron chi connectivity index (χ3n) is 4.15. The number of alkyl halides is 3. The van der Waals surface area contributed by atoms with E-state index >= 15 is 0 Å². The highest BCUT2D eigenvalue weighted by Crippen LogP contribution is 2.30. The van der Waals surface area contributed by atoms with Crippen molar-refractivity contribution < 1.29 is 22.7 Å². The molecule has 4 nitrogen and oxygen atoms in total. The molecule has 0 bridgehead atoms. The molecule has 7 heteroatoms. The molecule has 0 aliphatic carbocycles. The molecule has 1 saturated heterocycles. The summed E-state index contributed by atoms with van der Waals surface area (Å²) >= 11 is 0. The van der Waals surface area contributed by atoms with Gasteiger partial charge in [0.05, 0.1) is 5.56 Å². The van der Waals surface area contributed by atoms with E-state index in [4.69, 9.17) is 4.74 Å². The minimum Gasteiger partial charge on any atom is -0.484 e. The number of hydrogen-bond donors (Lipinski definition) is 1. The van der Waals surface area contributed by atoms with Crippen molar-refractivity contribution in [2.24, 2.45) is 0 Å². The molecule has 1 aliphatic heterocycles. The van der Waals surface area contributed by atoms with Crippen molar-refractivity contribution in [3.63, 3.8) is 0 Å². The number of hydrogen-bond acceptors (Lipinski definition) is 3. The number of ether oxygens (including phenoxy) is 1. The van der Waals surface area contributed by atoms with Crippen LogP contribution in [0.4, 0.5) is 24.5 Å². The van der Waals surface area contributed by atoms with E-state index in [1.54, 1.807) is 6.07 Å². The zero-order valence-corrected chi connectivity index (χ0v) is 14.1. The molecule has 0 saturated carbocycles. The molecular formula is C19H19F3N2O2. The lowest BCUT2D eigenvalue weighted by atomic mass is 10.2. The van der Waals surface area contributed by atoms with Crippen LogP contribution in [0.3, 0.4) is 0 Å². The van der Waals surface area contributed by atoms with Crippen molar-refractivity contribution in [2.75, 3.05) is 29.9 Å². The van der Waals surface area contributed by atoms with Crippen LogP contribution in [0.15, 0.2) is 48.5 Å². The number of nitrogens with zero attached hydrogens (tertiary/aromatic N) is 1. The smallest absolute Gasteiger partial charge is 0.416 e. The first-order valence-electron chi connectivity index (χ1n) is 8.37. The van der Waals surface area contributed by atoms with Crippen LogP contribution in [0.25, 0.3) is 0 Å². The van der Waals surface area contributed by atoms with E-state index in [2.05, 4.69) is 10.2 Å². The Morgan fingerprint density at radius 2 is 1.77 bits per heavy atom. The third-order valence-corrected chi connectivity index (χ3v) is 4.15. The summed E-state index contributed by atoms with van der Waals surface area (Å²) in [7, 11) is 0. The summed E-state index contributed by atoms with van der Waals surface area (Å²) in [5.74, 6) is -0.164. The van der Waals surface area contributed by atoms with Crippen LogP contribution in [0.5, 0.6) is 5.75 Å². The molecule has 2 aromatic rings. The summed E-state index contributed by atoms with van der Waals surface area (Å²) in [6.45, 7) is 1.74. The first-order valence-corrected chi connectivity index (χ1v) is 8.37. The highest BCUT2D eigenvalue weighted by atomic mass is 19.4. The molecule has 0 radical (unpaired) electrons. The number of benzene rings is 2. The lowest BCUT2D eigenvalue weighted by Crippen LogP contribution is -2.21. The summed E-state index contributed by atoms with van der Waals surface area (Å²) in [5, 5.41) is 2.74. The van der Waals surface area contributed by atoms with Gasteiger partial charge in [0.2, 0.25) is 0 Å². The number of anilines is 2. The van der Waals surface area contributed by atoms with E-state index in [1.165, 1.54) is 12.1 Å². The number of rotatable bonds is 5. The van der Waals surface area contributed by atoms with Gasteiger partial charge in [0, 0.05) is 24.5 Å². The molecule has 0 spiro atoms. The van der Waals surface area contributed by atoms with Gasteiger partial charge in [-0.3, -0.25) is 4.79 Å². The molecule has 1 heterocycles. The molecule has 26 heavy (non-hydrogen) atoms. The predicted octanol–water partition coefficient (Wildman–Crippen LogP) is 4.32. The van der Waals surface area contributed by atoms with Crippen LogP contribution < -0.4 is 15.0 Å². The first kappa shape index (κ1) is 18.1. The Bertz CT molecular complexity index is 754. The molecule has 2 aromatic carbocycles. The van der Waals surface area contributed by atoms with Gasteiger partial charge in [-0.25, -0.2) is 0 Å². The number of carbonyl (C=O) groups is 1. The average Bonchev–Trinajstić information content (AvgIpc) is 3.14. The maximum Gasteiger partial charge on any atom is 0.416 e. The van der Waals surface area contributed by atoms with E-state index in [1.807, 2.05) is 18.2 Å². The summed E-state index contributed by atoms with van der Waals surface area (Å²) in [6.07, 6.45) is -2.06. The molecule has 138 valence electrons. The highest BCUT2D eigenvalue weighted by molar-refractivity contribution is 5.92. The molecule has 1 N–H and O–H groups in total. The van der Waals surface area contributed by atoms with Gasteiger partial charge < -0.3 is 15.0 Å². The molecule has 3 rings (SSSR count). The second-order valence-corrected chi connectivity index (χ2v) is 6.10. The number of carbonyl (C=O) groups excluding carboxylic acids is 1. The van der Waals surface area contributed by atoms with Gasteiger partial charge in [-0.15, -0.1) is 0 Å². The van der Waals surface area contributed by atoms with Crippen LogP contribution in [0, 0.1) is 0 Å². The van der Waals surface area contributed by atoms with Crippen molar-refractivity contribution in [1.82, 2.24) is 0 Å². The Morgan fingerprint density at radius 3 is 2.42 bits per heavy atom. The second kappa shape index (κ2) is 7.68. The van der Waals surface area contributed by atoms with Crippen LogP contribution in [-0.2, 0) is 11.0 Å². The summed E-state index contributed by atoms with van der Waals surface area (Å²) < 4.78 is 42.8. The van der Waals surface area contributed by atoms with Crippen molar-refractivity contribution in [2.45, 2.75) is 19.0 Å². The number of halogens is 3. The van der Waals surface area contributed by atoms with E-state index < -0.39 is 11.7 Å². The highest BCUT2D eigenvalue weighted by Gasteiger charge is 2.30. The maximum atomic E-state index is 12.5. The zero-order valence-electron chi connectivity index (χ0n) is 14.1. The lowest BCUT2D eigenvalue weighted by Gasteiger charge is -2.18. The quantitative estimate of drug-likeness (QED) is 0.859. The van der Waals surface area contributed by atoms with Gasteiger partial charge in [0.15, 0.2) is 6.61 Å². The van der Waals surface area contributed by atoms with Crippen molar-refractivity contribution >= 4 is 17.3 Å². The fourth-order valence-corrected chi connectivity index (χ4v) is 2.84. The zero-order chi connectivity index (χ0) is 18.6. The normalized spacial score (nSPS) is 14.3. The van der Waals surface area contributed by atoms with Gasteiger partial charge >= 0.3 is 6.18 Å². The van der Waals surface area contributed by atoms with Crippen LogP contribution in [-0.4, -0.2) is 25.6 Å². The van der Waals surface area contributed by atoms with E-state index in [9.17, 15) is 18.0 Å².